The number of fused-ring (bicyclic) bond motifs is 2. The number of para-hydroxylation sites is 1. The number of rotatable bonds is 0. The maximum absolute atomic E-state index is 6.28. The van der Waals surface area contributed by atoms with E-state index in [-0.39, 0.29) is 0 Å². The molecule has 3 aromatic rings. The molecule has 0 fully saturated rings. The first-order valence-electron chi connectivity index (χ1n) is 5.92. The van der Waals surface area contributed by atoms with Crippen molar-refractivity contribution in [1.29, 1.82) is 0 Å². The SMILES string of the molecule is Clc1ccc2c3c(cccc13)-c1ccccc1N2. The van der Waals surface area contributed by atoms with Gasteiger partial charge in [-0.05, 0) is 23.8 Å². The minimum Gasteiger partial charge on any atom is -0.354 e. The highest BCUT2D eigenvalue weighted by Gasteiger charge is 2.17. The van der Waals surface area contributed by atoms with Crippen molar-refractivity contribution in [2.24, 2.45) is 0 Å². The molecule has 1 heterocycles. The Bertz CT molecular complexity index is 777. The molecule has 4 rings (SSSR count). The predicted octanol–water partition coefficient (Wildman–Crippen LogP) is 5.22. The van der Waals surface area contributed by atoms with E-state index < -0.39 is 0 Å². The maximum Gasteiger partial charge on any atom is 0.0486 e. The molecular weight excluding hydrogens is 242 g/mol. The zero-order chi connectivity index (χ0) is 12.1. The largest absolute Gasteiger partial charge is 0.354 e. The van der Waals surface area contributed by atoms with Crippen molar-refractivity contribution in [1.82, 2.24) is 0 Å². The second-order valence-electron chi connectivity index (χ2n) is 4.49. The monoisotopic (exact) mass is 251 g/mol. The second kappa shape index (κ2) is 3.50. The van der Waals surface area contributed by atoms with Crippen molar-refractivity contribution < 1.29 is 0 Å². The maximum atomic E-state index is 6.28. The van der Waals surface area contributed by atoms with Crippen molar-refractivity contribution in [2.45, 2.75) is 0 Å². The van der Waals surface area contributed by atoms with Gasteiger partial charge in [0.15, 0.2) is 0 Å². The van der Waals surface area contributed by atoms with E-state index in [1.54, 1.807) is 0 Å². The summed E-state index contributed by atoms with van der Waals surface area (Å²) >= 11 is 6.28. The molecule has 0 atom stereocenters. The van der Waals surface area contributed by atoms with Crippen LogP contribution in [0.25, 0.3) is 21.9 Å². The first-order chi connectivity index (χ1) is 8.84. The van der Waals surface area contributed by atoms with Gasteiger partial charge in [-0.3, -0.25) is 0 Å². The normalized spacial score (nSPS) is 12.1. The lowest BCUT2D eigenvalue weighted by atomic mass is 9.93. The van der Waals surface area contributed by atoms with E-state index in [1.807, 2.05) is 18.2 Å². The quantitative estimate of drug-likeness (QED) is 0.452. The fourth-order valence-electron chi connectivity index (χ4n) is 2.67. The van der Waals surface area contributed by atoms with Gasteiger partial charge < -0.3 is 5.32 Å². The average molecular weight is 252 g/mol. The first kappa shape index (κ1) is 9.98. The Balaban J connectivity index is 2.22. The first-order valence-corrected chi connectivity index (χ1v) is 6.30. The molecule has 1 N–H and O–H groups in total. The lowest BCUT2D eigenvalue weighted by Crippen LogP contribution is -2.00. The number of halogens is 1. The van der Waals surface area contributed by atoms with Gasteiger partial charge in [-0.25, -0.2) is 0 Å². The van der Waals surface area contributed by atoms with Crippen LogP contribution < -0.4 is 5.32 Å². The summed E-state index contributed by atoms with van der Waals surface area (Å²) in [5.74, 6) is 0. The fourth-order valence-corrected chi connectivity index (χ4v) is 2.89. The molecule has 86 valence electrons. The zero-order valence-corrected chi connectivity index (χ0v) is 10.3. The highest BCUT2D eigenvalue weighted by molar-refractivity contribution is 6.37. The Hall–Kier alpha value is -1.99. The molecule has 1 aliphatic rings. The van der Waals surface area contributed by atoms with Crippen LogP contribution in [0.1, 0.15) is 0 Å². The van der Waals surface area contributed by atoms with E-state index in [1.165, 1.54) is 16.5 Å². The zero-order valence-electron chi connectivity index (χ0n) is 9.57. The van der Waals surface area contributed by atoms with Gasteiger partial charge in [-0.15, -0.1) is 0 Å². The summed E-state index contributed by atoms with van der Waals surface area (Å²) in [5, 5.41) is 6.59. The molecule has 0 aliphatic carbocycles. The van der Waals surface area contributed by atoms with Gasteiger partial charge in [-0.2, -0.15) is 0 Å². The number of hydrogen-bond acceptors (Lipinski definition) is 1. The topological polar surface area (TPSA) is 12.0 Å². The Morgan fingerprint density at radius 2 is 1.56 bits per heavy atom. The fraction of sp³-hybridized carbons (Fsp3) is 0. The summed E-state index contributed by atoms with van der Waals surface area (Å²) in [6.45, 7) is 0. The molecule has 0 saturated carbocycles. The average Bonchev–Trinajstić information content (AvgIpc) is 2.43. The van der Waals surface area contributed by atoms with Crippen molar-refractivity contribution in [3.8, 4) is 11.1 Å². The summed E-state index contributed by atoms with van der Waals surface area (Å²) in [5.41, 5.74) is 4.76. The van der Waals surface area contributed by atoms with Crippen molar-refractivity contribution in [2.75, 3.05) is 5.32 Å². The molecule has 1 nitrogen and oxygen atoms in total. The molecular formula is C16H10ClN. The van der Waals surface area contributed by atoms with E-state index in [4.69, 9.17) is 11.6 Å². The number of anilines is 2. The molecule has 0 amide bonds. The Kier molecular flexibility index (Phi) is 1.94. The lowest BCUT2D eigenvalue weighted by molar-refractivity contribution is 1.53. The molecule has 0 bridgehead atoms. The molecule has 0 radical (unpaired) electrons. The van der Waals surface area contributed by atoms with E-state index in [0.717, 1.165) is 21.8 Å². The second-order valence-corrected chi connectivity index (χ2v) is 4.90. The Morgan fingerprint density at radius 1 is 0.722 bits per heavy atom. The third-order valence-electron chi connectivity index (χ3n) is 3.47. The van der Waals surface area contributed by atoms with Crippen LogP contribution in [0.2, 0.25) is 5.02 Å². The van der Waals surface area contributed by atoms with Crippen molar-refractivity contribution in [3.63, 3.8) is 0 Å². The molecule has 0 spiro atoms. The van der Waals surface area contributed by atoms with Crippen LogP contribution in [0.15, 0.2) is 54.6 Å². The minimum atomic E-state index is 0.803. The standard InChI is InChI=1S/C16H10ClN/c17-13-8-9-15-16-11(5-3-6-12(13)16)10-4-1-2-7-14(10)18-15/h1-9,18H. The Labute approximate surface area is 110 Å². The summed E-state index contributed by atoms with van der Waals surface area (Å²) < 4.78 is 0. The highest BCUT2D eigenvalue weighted by Crippen LogP contribution is 2.44. The number of nitrogens with one attached hydrogen (secondary N) is 1. The molecule has 3 aromatic carbocycles. The summed E-state index contributed by atoms with van der Waals surface area (Å²) in [7, 11) is 0. The van der Waals surface area contributed by atoms with Crippen LogP contribution in [0, 0.1) is 0 Å². The van der Waals surface area contributed by atoms with Crippen LogP contribution in [-0.2, 0) is 0 Å². The van der Waals surface area contributed by atoms with Gasteiger partial charge in [0.25, 0.3) is 0 Å². The van der Waals surface area contributed by atoms with Crippen LogP contribution in [-0.4, -0.2) is 0 Å². The third-order valence-corrected chi connectivity index (χ3v) is 3.80. The van der Waals surface area contributed by atoms with Gasteiger partial charge in [-0.1, -0.05) is 48.0 Å². The van der Waals surface area contributed by atoms with Gasteiger partial charge in [0.2, 0.25) is 0 Å². The van der Waals surface area contributed by atoms with E-state index in [0.29, 0.717) is 0 Å². The van der Waals surface area contributed by atoms with Crippen LogP contribution in [0.3, 0.4) is 0 Å². The minimum absolute atomic E-state index is 0.803. The molecule has 18 heavy (non-hydrogen) atoms. The molecule has 0 saturated heterocycles. The number of benzene rings is 3. The van der Waals surface area contributed by atoms with Crippen LogP contribution in [0.5, 0.6) is 0 Å². The summed E-state index contributed by atoms with van der Waals surface area (Å²) in [6.07, 6.45) is 0. The highest BCUT2D eigenvalue weighted by atomic mass is 35.5. The van der Waals surface area contributed by atoms with Gasteiger partial charge in [0, 0.05) is 32.7 Å². The third kappa shape index (κ3) is 1.22. The smallest absolute Gasteiger partial charge is 0.0486 e. The van der Waals surface area contributed by atoms with Gasteiger partial charge in [0.05, 0.1) is 0 Å². The van der Waals surface area contributed by atoms with Gasteiger partial charge >= 0.3 is 0 Å². The molecule has 1 aliphatic heterocycles. The molecule has 0 unspecified atom stereocenters. The molecule has 2 heteroatoms. The predicted molar refractivity (Wildman–Crippen MR) is 77.7 cm³/mol. The van der Waals surface area contributed by atoms with E-state index in [9.17, 15) is 0 Å². The van der Waals surface area contributed by atoms with E-state index in [2.05, 4.69) is 41.7 Å². The van der Waals surface area contributed by atoms with Crippen LogP contribution >= 0.6 is 11.6 Å². The van der Waals surface area contributed by atoms with E-state index >= 15 is 0 Å². The summed E-state index contributed by atoms with van der Waals surface area (Å²) in [6, 6.07) is 18.6. The van der Waals surface area contributed by atoms with Gasteiger partial charge in [0.1, 0.15) is 0 Å². The lowest BCUT2D eigenvalue weighted by Gasteiger charge is -2.22. The van der Waals surface area contributed by atoms with Crippen LogP contribution in [0.4, 0.5) is 11.4 Å². The Morgan fingerprint density at radius 3 is 2.50 bits per heavy atom. The number of hydrogen-bond donors (Lipinski definition) is 1. The summed E-state index contributed by atoms with van der Waals surface area (Å²) in [4.78, 5) is 0. The van der Waals surface area contributed by atoms with Crippen molar-refractivity contribution >= 4 is 33.7 Å². The molecule has 0 aromatic heterocycles. The van der Waals surface area contributed by atoms with Crippen molar-refractivity contribution in [3.05, 3.63) is 59.6 Å².